The first-order valence-corrected chi connectivity index (χ1v) is 12.4. The van der Waals surface area contributed by atoms with Gasteiger partial charge in [-0.2, -0.15) is 0 Å². The molecule has 174 valence electrons. The van der Waals surface area contributed by atoms with Gasteiger partial charge in [0.1, 0.15) is 13.1 Å². The van der Waals surface area contributed by atoms with Gasteiger partial charge in [0.05, 0.1) is 33.9 Å². The van der Waals surface area contributed by atoms with Crippen molar-refractivity contribution in [3.05, 3.63) is 0 Å². The summed E-state index contributed by atoms with van der Waals surface area (Å²) in [5, 5.41) is 0. The molecule has 0 aliphatic carbocycles. The maximum atomic E-state index is 11.2. The third kappa shape index (κ3) is 23.7. The molecule has 0 aromatic rings. The molecule has 0 fully saturated rings. The molecule has 0 aromatic heterocycles. The van der Waals surface area contributed by atoms with Gasteiger partial charge in [-0.3, -0.25) is 4.79 Å². The molecule has 0 rings (SSSR count). The number of hydrogen-bond acceptors (Lipinski definition) is 3. The zero-order valence-corrected chi connectivity index (χ0v) is 20.3. The number of hydrogen-bond donors (Lipinski definition) is 0. The SMILES string of the molecule is CCCCCCCCCCCCCCCCOCCOCC[N+](C)(C)CC(C)=O. The zero-order valence-electron chi connectivity index (χ0n) is 20.3. The molecule has 0 radical (unpaired) electrons. The quantitative estimate of drug-likeness (QED) is 0.148. The molecule has 0 saturated carbocycles. The smallest absolute Gasteiger partial charge is 0.183 e. The van der Waals surface area contributed by atoms with E-state index in [1.807, 2.05) is 0 Å². The zero-order chi connectivity index (χ0) is 21.6. The van der Waals surface area contributed by atoms with Gasteiger partial charge in [0, 0.05) is 13.5 Å². The Kier molecular flexibility index (Phi) is 20.5. The standard InChI is InChI=1S/C25H52NO3/c1-5-6-7-8-9-10-11-12-13-14-15-16-17-18-20-28-22-23-29-21-19-26(3,4)24-25(2)27/h5-24H2,1-4H3/q+1. The topological polar surface area (TPSA) is 35.5 Å². The molecule has 0 amide bonds. The van der Waals surface area contributed by atoms with Gasteiger partial charge in [0.25, 0.3) is 0 Å². The van der Waals surface area contributed by atoms with Crippen molar-refractivity contribution in [2.45, 2.75) is 104 Å². The average molecular weight is 415 g/mol. The molecule has 0 spiro atoms. The Bertz CT molecular complexity index is 358. The van der Waals surface area contributed by atoms with E-state index in [0.29, 0.717) is 30.8 Å². The minimum absolute atomic E-state index is 0.228. The van der Waals surface area contributed by atoms with Crippen LogP contribution in [0.25, 0.3) is 0 Å². The predicted octanol–water partition coefficient (Wildman–Crippen LogP) is 6.17. The molecule has 0 heterocycles. The monoisotopic (exact) mass is 414 g/mol. The molecule has 0 aromatic carbocycles. The number of carbonyl (C=O) groups is 1. The van der Waals surface area contributed by atoms with E-state index in [1.54, 1.807) is 6.92 Å². The number of carbonyl (C=O) groups excluding carboxylic acids is 1. The molecule has 29 heavy (non-hydrogen) atoms. The lowest BCUT2D eigenvalue weighted by Gasteiger charge is -2.28. The summed E-state index contributed by atoms with van der Waals surface area (Å²) in [5.41, 5.74) is 0. The van der Waals surface area contributed by atoms with Gasteiger partial charge >= 0.3 is 0 Å². The van der Waals surface area contributed by atoms with Gasteiger partial charge in [-0.05, 0) is 6.42 Å². The molecular formula is C25H52NO3+. The van der Waals surface area contributed by atoms with E-state index in [-0.39, 0.29) is 5.78 Å². The summed E-state index contributed by atoms with van der Waals surface area (Å²) in [5.74, 6) is 0.228. The summed E-state index contributed by atoms with van der Waals surface area (Å²) in [4.78, 5) is 11.2. The fourth-order valence-electron chi connectivity index (χ4n) is 3.71. The lowest BCUT2D eigenvalue weighted by atomic mass is 10.0. The van der Waals surface area contributed by atoms with Gasteiger partial charge in [0.15, 0.2) is 5.78 Å². The van der Waals surface area contributed by atoms with E-state index in [4.69, 9.17) is 9.47 Å². The van der Waals surface area contributed by atoms with Gasteiger partial charge in [-0.15, -0.1) is 0 Å². The van der Waals surface area contributed by atoms with Crippen molar-refractivity contribution in [2.75, 3.05) is 53.6 Å². The molecular weight excluding hydrogens is 362 g/mol. The Morgan fingerprint density at radius 2 is 1.03 bits per heavy atom. The Morgan fingerprint density at radius 3 is 1.48 bits per heavy atom. The molecule has 0 unspecified atom stereocenters. The molecule has 0 aliphatic heterocycles. The van der Waals surface area contributed by atoms with Crippen LogP contribution in [-0.2, 0) is 14.3 Å². The number of unbranched alkanes of at least 4 members (excludes halogenated alkanes) is 13. The van der Waals surface area contributed by atoms with Gasteiger partial charge < -0.3 is 14.0 Å². The second-order valence-electron chi connectivity index (χ2n) is 9.34. The first-order valence-electron chi connectivity index (χ1n) is 12.4. The highest BCUT2D eigenvalue weighted by atomic mass is 16.5. The fraction of sp³-hybridized carbons (Fsp3) is 0.960. The number of likely N-dealkylation sites (N-methyl/N-ethyl adjacent to an activating group) is 1. The lowest BCUT2D eigenvalue weighted by Crippen LogP contribution is -2.45. The van der Waals surface area contributed by atoms with E-state index < -0.39 is 0 Å². The van der Waals surface area contributed by atoms with Crippen molar-refractivity contribution in [1.29, 1.82) is 0 Å². The number of nitrogens with zero attached hydrogens (tertiary/aromatic N) is 1. The van der Waals surface area contributed by atoms with Crippen LogP contribution < -0.4 is 0 Å². The van der Waals surface area contributed by atoms with Crippen LogP contribution in [0.2, 0.25) is 0 Å². The average Bonchev–Trinajstić information content (AvgIpc) is 2.65. The largest absolute Gasteiger partial charge is 0.379 e. The highest BCUT2D eigenvalue weighted by Gasteiger charge is 2.16. The lowest BCUT2D eigenvalue weighted by molar-refractivity contribution is -0.882. The first kappa shape index (κ1) is 28.5. The van der Waals surface area contributed by atoms with Crippen LogP contribution in [0.5, 0.6) is 0 Å². The third-order valence-corrected chi connectivity index (χ3v) is 5.51. The number of quaternary nitrogens is 1. The van der Waals surface area contributed by atoms with Crippen LogP contribution in [0.15, 0.2) is 0 Å². The van der Waals surface area contributed by atoms with Crippen LogP contribution >= 0.6 is 0 Å². The number of ether oxygens (including phenoxy) is 2. The molecule has 4 heteroatoms. The van der Waals surface area contributed by atoms with Crippen molar-refractivity contribution in [3.8, 4) is 0 Å². The Morgan fingerprint density at radius 1 is 0.621 bits per heavy atom. The van der Waals surface area contributed by atoms with E-state index in [2.05, 4.69) is 21.0 Å². The fourth-order valence-corrected chi connectivity index (χ4v) is 3.71. The maximum absolute atomic E-state index is 11.2. The Labute approximate surface area is 182 Å². The summed E-state index contributed by atoms with van der Waals surface area (Å²) >= 11 is 0. The Balaban J connectivity index is 3.14. The summed E-state index contributed by atoms with van der Waals surface area (Å²) < 4.78 is 12.0. The summed E-state index contributed by atoms with van der Waals surface area (Å²) in [6.45, 7) is 8.22. The third-order valence-electron chi connectivity index (χ3n) is 5.51. The van der Waals surface area contributed by atoms with E-state index in [1.165, 1.54) is 89.9 Å². The van der Waals surface area contributed by atoms with Crippen LogP contribution in [0.4, 0.5) is 0 Å². The van der Waals surface area contributed by atoms with Crippen molar-refractivity contribution in [3.63, 3.8) is 0 Å². The van der Waals surface area contributed by atoms with E-state index in [0.717, 1.165) is 13.2 Å². The highest BCUT2D eigenvalue weighted by Crippen LogP contribution is 2.12. The normalized spacial score (nSPS) is 11.9. The number of ketones is 1. The van der Waals surface area contributed by atoms with Crippen LogP contribution in [-0.4, -0.2) is 63.9 Å². The summed E-state index contributed by atoms with van der Waals surface area (Å²) in [6.07, 6.45) is 19.4. The van der Waals surface area contributed by atoms with Gasteiger partial charge in [-0.1, -0.05) is 90.4 Å². The minimum Gasteiger partial charge on any atom is -0.379 e. The second kappa shape index (κ2) is 20.8. The first-order chi connectivity index (χ1) is 14.0. The predicted molar refractivity (Wildman–Crippen MR) is 124 cm³/mol. The molecule has 4 nitrogen and oxygen atoms in total. The molecule has 0 aliphatic rings. The Hall–Kier alpha value is -0.450. The van der Waals surface area contributed by atoms with Crippen molar-refractivity contribution in [1.82, 2.24) is 0 Å². The number of rotatable bonds is 23. The highest BCUT2D eigenvalue weighted by molar-refractivity contribution is 5.76. The van der Waals surface area contributed by atoms with Crippen molar-refractivity contribution < 1.29 is 18.8 Å². The summed E-state index contributed by atoms with van der Waals surface area (Å²) in [7, 11) is 4.13. The maximum Gasteiger partial charge on any atom is 0.183 e. The molecule has 0 N–H and O–H groups in total. The second-order valence-corrected chi connectivity index (χ2v) is 9.34. The molecule has 0 saturated heterocycles. The van der Waals surface area contributed by atoms with Gasteiger partial charge in [-0.25, -0.2) is 0 Å². The van der Waals surface area contributed by atoms with Crippen molar-refractivity contribution in [2.24, 2.45) is 0 Å². The summed E-state index contributed by atoms with van der Waals surface area (Å²) in [6, 6.07) is 0. The van der Waals surface area contributed by atoms with Crippen LogP contribution in [0, 0.1) is 0 Å². The van der Waals surface area contributed by atoms with E-state index in [9.17, 15) is 4.79 Å². The molecule has 0 bridgehead atoms. The number of Topliss-reactive ketones (excluding diaryl/α,β-unsaturated/α-hetero) is 1. The minimum atomic E-state index is 0.228. The van der Waals surface area contributed by atoms with Crippen molar-refractivity contribution >= 4 is 5.78 Å². The molecule has 0 atom stereocenters. The van der Waals surface area contributed by atoms with E-state index >= 15 is 0 Å². The van der Waals surface area contributed by atoms with Crippen LogP contribution in [0.3, 0.4) is 0 Å². The van der Waals surface area contributed by atoms with Gasteiger partial charge in [0.2, 0.25) is 0 Å². The van der Waals surface area contributed by atoms with Crippen LogP contribution in [0.1, 0.15) is 104 Å².